The van der Waals surface area contributed by atoms with Gasteiger partial charge >= 0.3 is 0 Å². The Balaban J connectivity index is 1.84. The Bertz CT molecular complexity index is 1270. The van der Waals surface area contributed by atoms with Crippen LogP contribution in [-0.2, 0) is 27.8 Å². The number of rotatable bonds is 13. The molecule has 0 spiro atoms. The Morgan fingerprint density at radius 3 is 2.27 bits per heavy atom. The summed E-state index contributed by atoms with van der Waals surface area (Å²) in [6.45, 7) is 6.27. The molecular weight excluding hydrogens is 492 g/mol. The normalized spacial score (nSPS) is 11.6. The van der Waals surface area contributed by atoms with Gasteiger partial charge in [-0.3, -0.25) is 4.79 Å². The van der Waals surface area contributed by atoms with Crippen LogP contribution in [-0.4, -0.2) is 57.4 Å². The fourth-order valence-electron chi connectivity index (χ4n) is 4.00. The van der Waals surface area contributed by atoms with Gasteiger partial charge in [0.2, 0.25) is 15.9 Å². The molecule has 1 aromatic heterocycles. The maximum Gasteiger partial charge on any atom is 0.243 e. The highest BCUT2D eigenvalue weighted by molar-refractivity contribution is 7.89. The fraction of sp³-hybridized carbons (Fsp3) is 0.393. The van der Waals surface area contributed by atoms with Gasteiger partial charge in [-0.1, -0.05) is 38.1 Å². The third-order valence-corrected chi connectivity index (χ3v) is 7.70. The second kappa shape index (κ2) is 12.8. The van der Waals surface area contributed by atoms with Gasteiger partial charge in [0, 0.05) is 13.1 Å². The lowest BCUT2D eigenvalue weighted by molar-refractivity contribution is -0.132. The minimum absolute atomic E-state index is 0.0409. The summed E-state index contributed by atoms with van der Waals surface area (Å²) < 4.78 is 44.5. The van der Waals surface area contributed by atoms with Gasteiger partial charge in [-0.05, 0) is 61.2 Å². The second-order valence-corrected chi connectivity index (χ2v) is 11.2. The van der Waals surface area contributed by atoms with Crippen LogP contribution in [0, 0.1) is 12.8 Å². The molecule has 0 aliphatic carbocycles. The van der Waals surface area contributed by atoms with E-state index >= 15 is 0 Å². The highest BCUT2D eigenvalue weighted by Crippen LogP contribution is 2.28. The van der Waals surface area contributed by atoms with E-state index in [4.69, 9.17) is 13.9 Å². The average Bonchev–Trinajstić information content (AvgIpc) is 3.30. The lowest BCUT2D eigenvalue weighted by Crippen LogP contribution is -2.44. The van der Waals surface area contributed by atoms with E-state index in [1.54, 1.807) is 49.5 Å². The first kappa shape index (κ1) is 28.3. The summed E-state index contributed by atoms with van der Waals surface area (Å²) in [5.41, 5.74) is 0.960. The number of amides is 1. The quantitative estimate of drug-likeness (QED) is 0.324. The topological polar surface area (TPSA) is 89.3 Å². The molecule has 37 heavy (non-hydrogen) atoms. The van der Waals surface area contributed by atoms with Crippen molar-refractivity contribution in [1.82, 2.24) is 9.21 Å². The van der Waals surface area contributed by atoms with Crippen LogP contribution in [0.4, 0.5) is 0 Å². The molecule has 0 bridgehead atoms. The molecule has 0 saturated heterocycles. The Labute approximate surface area is 219 Å². The van der Waals surface area contributed by atoms with E-state index in [9.17, 15) is 13.2 Å². The van der Waals surface area contributed by atoms with E-state index < -0.39 is 10.0 Å². The Morgan fingerprint density at radius 2 is 1.68 bits per heavy atom. The average molecular weight is 529 g/mol. The van der Waals surface area contributed by atoms with Gasteiger partial charge in [-0.2, -0.15) is 4.31 Å². The molecule has 8 nitrogen and oxygen atoms in total. The number of benzene rings is 2. The predicted octanol–water partition coefficient (Wildman–Crippen LogP) is 4.52. The van der Waals surface area contributed by atoms with E-state index in [0.717, 1.165) is 11.3 Å². The lowest BCUT2D eigenvalue weighted by atomic mass is 10.1. The largest absolute Gasteiger partial charge is 0.493 e. The van der Waals surface area contributed by atoms with Gasteiger partial charge in [0.15, 0.2) is 11.5 Å². The molecule has 3 aromatic rings. The van der Waals surface area contributed by atoms with Crippen molar-refractivity contribution in [3.63, 3.8) is 0 Å². The Morgan fingerprint density at radius 1 is 0.973 bits per heavy atom. The van der Waals surface area contributed by atoms with Crippen LogP contribution < -0.4 is 9.47 Å². The number of nitrogens with zero attached hydrogens (tertiary/aromatic N) is 2. The van der Waals surface area contributed by atoms with Gasteiger partial charge in [-0.25, -0.2) is 8.42 Å². The lowest BCUT2D eigenvalue weighted by Gasteiger charge is -2.28. The number of furan rings is 1. The highest BCUT2D eigenvalue weighted by Gasteiger charge is 2.29. The summed E-state index contributed by atoms with van der Waals surface area (Å²) in [5, 5.41) is 0. The summed E-state index contributed by atoms with van der Waals surface area (Å²) in [5.74, 6) is 2.36. The number of hydrogen-bond acceptors (Lipinski definition) is 6. The van der Waals surface area contributed by atoms with Gasteiger partial charge in [0.1, 0.15) is 11.5 Å². The Hall–Kier alpha value is -3.30. The molecule has 9 heteroatoms. The van der Waals surface area contributed by atoms with Gasteiger partial charge in [0.25, 0.3) is 0 Å². The Kier molecular flexibility index (Phi) is 9.77. The molecule has 0 radical (unpaired) electrons. The molecule has 200 valence electrons. The molecule has 1 amide bonds. The fourth-order valence-corrected chi connectivity index (χ4v) is 5.57. The first-order valence-corrected chi connectivity index (χ1v) is 13.7. The number of sulfonamides is 1. The predicted molar refractivity (Wildman–Crippen MR) is 142 cm³/mol. The maximum absolute atomic E-state index is 13.6. The smallest absolute Gasteiger partial charge is 0.243 e. The molecule has 0 unspecified atom stereocenters. The summed E-state index contributed by atoms with van der Waals surface area (Å²) in [4.78, 5) is 15.4. The second-order valence-electron chi connectivity index (χ2n) is 9.27. The third-order valence-electron chi connectivity index (χ3n) is 5.88. The van der Waals surface area contributed by atoms with Crippen molar-refractivity contribution in [3.05, 3.63) is 77.7 Å². The highest BCUT2D eigenvalue weighted by atomic mass is 32.2. The zero-order valence-electron chi connectivity index (χ0n) is 22.1. The maximum atomic E-state index is 13.6. The molecule has 0 aliphatic heterocycles. The first-order chi connectivity index (χ1) is 17.6. The van der Waals surface area contributed by atoms with Crippen LogP contribution in [0.2, 0.25) is 0 Å². The van der Waals surface area contributed by atoms with E-state index in [1.807, 2.05) is 51.1 Å². The van der Waals surface area contributed by atoms with Crippen molar-refractivity contribution in [2.24, 2.45) is 5.92 Å². The van der Waals surface area contributed by atoms with E-state index in [0.29, 0.717) is 30.2 Å². The van der Waals surface area contributed by atoms with Gasteiger partial charge in [0.05, 0.1) is 32.2 Å². The molecule has 1 heterocycles. The van der Waals surface area contributed by atoms with Crippen molar-refractivity contribution in [2.45, 2.75) is 38.6 Å². The number of aryl methyl sites for hydroxylation is 1. The van der Waals surface area contributed by atoms with Gasteiger partial charge < -0.3 is 18.8 Å². The van der Waals surface area contributed by atoms with Crippen LogP contribution >= 0.6 is 0 Å². The summed E-state index contributed by atoms with van der Waals surface area (Å²) in [6, 6.07) is 17.5. The van der Waals surface area contributed by atoms with Crippen molar-refractivity contribution in [1.29, 1.82) is 0 Å². The van der Waals surface area contributed by atoms with Crippen LogP contribution in [0.3, 0.4) is 0 Å². The third kappa shape index (κ3) is 7.60. The van der Waals surface area contributed by atoms with Crippen LogP contribution in [0.5, 0.6) is 11.5 Å². The van der Waals surface area contributed by atoms with E-state index in [1.165, 1.54) is 4.31 Å². The van der Waals surface area contributed by atoms with Crippen LogP contribution in [0.15, 0.2) is 70.0 Å². The first-order valence-electron chi connectivity index (χ1n) is 12.2. The minimum Gasteiger partial charge on any atom is -0.493 e. The number of methoxy groups -OCH3 is 2. The number of carbonyl (C=O) groups excluding carboxylic acids is 1. The summed E-state index contributed by atoms with van der Waals surface area (Å²) in [7, 11) is -0.690. The standard InChI is InChI=1S/C28H36N2O6S/c1-21(2)18-30(37(32,33)25-9-7-6-8-10-25)20-28(31)29(19-24-13-11-22(3)36-24)16-15-23-12-14-26(34-4)27(17-23)35-5/h6-14,17,21H,15-16,18-20H2,1-5H3. The minimum atomic E-state index is -3.85. The molecule has 0 atom stereocenters. The number of carbonyl (C=O) groups is 1. The zero-order chi connectivity index (χ0) is 27.0. The van der Waals surface area contributed by atoms with Crippen LogP contribution in [0.25, 0.3) is 0 Å². The molecule has 3 rings (SSSR count). The molecule has 0 fully saturated rings. The van der Waals surface area contributed by atoms with E-state index in [-0.39, 0.29) is 36.4 Å². The zero-order valence-corrected chi connectivity index (χ0v) is 23.0. The van der Waals surface area contributed by atoms with Crippen molar-refractivity contribution in [2.75, 3.05) is 33.9 Å². The SMILES string of the molecule is COc1ccc(CCN(Cc2ccc(C)o2)C(=O)CN(CC(C)C)S(=O)(=O)c2ccccc2)cc1OC. The molecule has 0 aliphatic rings. The molecule has 0 N–H and O–H groups in total. The summed E-state index contributed by atoms with van der Waals surface area (Å²) in [6.07, 6.45) is 0.543. The summed E-state index contributed by atoms with van der Waals surface area (Å²) >= 11 is 0. The molecule has 2 aromatic carbocycles. The van der Waals surface area contributed by atoms with Crippen molar-refractivity contribution < 1.29 is 27.1 Å². The molecular formula is C28H36N2O6S. The van der Waals surface area contributed by atoms with Crippen molar-refractivity contribution in [3.8, 4) is 11.5 Å². The molecule has 0 saturated carbocycles. The number of ether oxygens (including phenoxy) is 2. The van der Waals surface area contributed by atoms with Gasteiger partial charge in [-0.15, -0.1) is 0 Å². The van der Waals surface area contributed by atoms with E-state index in [2.05, 4.69) is 0 Å². The van der Waals surface area contributed by atoms with Crippen LogP contribution in [0.1, 0.15) is 30.9 Å². The number of hydrogen-bond donors (Lipinski definition) is 0. The monoisotopic (exact) mass is 528 g/mol. The van der Waals surface area contributed by atoms with Crippen molar-refractivity contribution >= 4 is 15.9 Å².